The summed E-state index contributed by atoms with van der Waals surface area (Å²) in [6.07, 6.45) is 7.55. The molecule has 0 saturated heterocycles. The van der Waals surface area contributed by atoms with Crippen molar-refractivity contribution in [2.75, 3.05) is 14.2 Å². The first-order valence-corrected chi connectivity index (χ1v) is 8.91. The van der Waals surface area contributed by atoms with Crippen molar-refractivity contribution >= 4 is 21.8 Å². The Kier molecular flexibility index (Phi) is 3.76. The van der Waals surface area contributed by atoms with Crippen molar-refractivity contribution < 1.29 is 9.47 Å². The molecule has 0 amide bonds. The van der Waals surface area contributed by atoms with Crippen LogP contribution < -0.4 is 9.47 Å². The Balaban J connectivity index is 1.61. The predicted molar refractivity (Wildman–Crippen MR) is 110 cm³/mol. The highest BCUT2D eigenvalue weighted by Crippen LogP contribution is 2.36. The van der Waals surface area contributed by atoms with Crippen LogP contribution in [0.5, 0.6) is 11.5 Å². The fourth-order valence-electron chi connectivity index (χ4n) is 3.65. The normalized spacial score (nSPS) is 11.2. The average molecular weight is 370 g/mol. The van der Waals surface area contributed by atoms with E-state index in [4.69, 9.17) is 9.47 Å². The number of aromatic amines is 2. The second kappa shape index (κ2) is 6.42. The lowest BCUT2D eigenvalue weighted by molar-refractivity contribution is 0.420. The molecule has 5 rings (SSSR count). The van der Waals surface area contributed by atoms with Crippen molar-refractivity contribution in [2.45, 2.75) is 0 Å². The summed E-state index contributed by atoms with van der Waals surface area (Å²) in [4.78, 5) is 15.8. The lowest BCUT2D eigenvalue weighted by Gasteiger charge is -2.06. The third-order valence-corrected chi connectivity index (χ3v) is 4.98. The molecule has 28 heavy (non-hydrogen) atoms. The fourth-order valence-corrected chi connectivity index (χ4v) is 3.65. The van der Waals surface area contributed by atoms with E-state index in [1.54, 1.807) is 14.2 Å². The Morgan fingerprint density at radius 1 is 0.714 bits per heavy atom. The molecule has 5 aromatic rings. The molecule has 2 aromatic carbocycles. The van der Waals surface area contributed by atoms with E-state index in [1.807, 2.05) is 61.2 Å². The molecule has 3 heterocycles. The second-order valence-electron chi connectivity index (χ2n) is 6.47. The summed E-state index contributed by atoms with van der Waals surface area (Å²) in [7, 11) is 3.34. The number of hydrogen-bond acceptors (Lipinski definition) is 4. The highest BCUT2D eigenvalue weighted by molar-refractivity contribution is 6.00. The van der Waals surface area contributed by atoms with Crippen molar-refractivity contribution in [1.82, 2.24) is 19.9 Å². The summed E-state index contributed by atoms with van der Waals surface area (Å²) in [5, 5.41) is 2.00. The number of ether oxygens (including phenoxy) is 2. The SMILES string of the molecule is COc1cccc2[nH]cc(-c3cnc(-c4c[nH]c5cccc(OC)c45)nc3)c12. The quantitative estimate of drug-likeness (QED) is 0.477. The van der Waals surface area contributed by atoms with Gasteiger partial charge < -0.3 is 19.4 Å². The number of rotatable bonds is 4. The Morgan fingerprint density at radius 2 is 1.25 bits per heavy atom. The van der Waals surface area contributed by atoms with Crippen LogP contribution in [0.1, 0.15) is 0 Å². The molecule has 3 aromatic heterocycles. The first-order chi connectivity index (χ1) is 13.8. The number of H-pyrrole nitrogens is 2. The van der Waals surface area contributed by atoms with Crippen molar-refractivity contribution in [2.24, 2.45) is 0 Å². The second-order valence-corrected chi connectivity index (χ2v) is 6.47. The van der Waals surface area contributed by atoms with E-state index >= 15 is 0 Å². The monoisotopic (exact) mass is 370 g/mol. The fraction of sp³-hybridized carbons (Fsp3) is 0.0909. The summed E-state index contributed by atoms with van der Waals surface area (Å²) in [6, 6.07) is 11.8. The highest BCUT2D eigenvalue weighted by atomic mass is 16.5. The van der Waals surface area contributed by atoms with Gasteiger partial charge in [-0.25, -0.2) is 9.97 Å². The highest BCUT2D eigenvalue weighted by Gasteiger charge is 2.15. The Hall–Kier alpha value is -3.80. The Morgan fingerprint density at radius 3 is 1.82 bits per heavy atom. The molecule has 0 aliphatic heterocycles. The minimum atomic E-state index is 0.645. The molecule has 0 fully saturated rings. The van der Waals surface area contributed by atoms with Crippen LogP contribution in [-0.2, 0) is 0 Å². The van der Waals surface area contributed by atoms with Gasteiger partial charge in [0.2, 0.25) is 0 Å². The molecular weight excluding hydrogens is 352 g/mol. The van der Waals surface area contributed by atoms with Gasteiger partial charge in [0.25, 0.3) is 0 Å². The van der Waals surface area contributed by atoms with Gasteiger partial charge >= 0.3 is 0 Å². The Bertz CT molecular complexity index is 1180. The predicted octanol–water partition coefficient (Wildman–Crippen LogP) is 4.79. The molecule has 138 valence electrons. The first-order valence-electron chi connectivity index (χ1n) is 8.91. The van der Waals surface area contributed by atoms with Crippen molar-refractivity contribution in [3.63, 3.8) is 0 Å². The van der Waals surface area contributed by atoms with Gasteiger partial charge in [-0.3, -0.25) is 0 Å². The van der Waals surface area contributed by atoms with Crippen LogP contribution >= 0.6 is 0 Å². The summed E-state index contributed by atoms with van der Waals surface area (Å²) >= 11 is 0. The lowest BCUT2D eigenvalue weighted by Crippen LogP contribution is -1.91. The smallest absolute Gasteiger partial charge is 0.161 e. The van der Waals surface area contributed by atoms with Gasteiger partial charge in [0, 0.05) is 57.9 Å². The van der Waals surface area contributed by atoms with Crippen LogP contribution in [0.25, 0.3) is 44.3 Å². The third-order valence-electron chi connectivity index (χ3n) is 4.98. The van der Waals surface area contributed by atoms with Crippen LogP contribution in [0.3, 0.4) is 0 Å². The van der Waals surface area contributed by atoms with E-state index in [0.717, 1.165) is 50.0 Å². The van der Waals surface area contributed by atoms with Gasteiger partial charge in [-0.1, -0.05) is 12.1 Å². The zero-order valence-electron chi connectivity index (χ0n) is 15.5. The van der Waals surface area contributed by atoms with E-state index in [0.29, 0.717) is 5.82 Å². The topological polar surface area (TPSA) is 75.8 Å². The van der Waals surface area contributed by atoms with Crippen LogP contribution in [0.2, 0.25) is 0 Å². The summed E-state index contributed by atoms with van der Waals surface area (Å²) in [5.74, 6) is 2.26. The van der Waals surface area contributed by atoms with E-state index in [2.05, 4.69) is 19.9 Å². The minimum absolute atomic E-state index is 0.645. The van der Waals surface area contributed by atoms with Gasteiger partial charge in [-0.05, 0) is 24.3 Å². The van der Waals surface area contributed by atoms with Gasteiger partial charge in [0.05, 0.1) is 19.6 Å². The van der Waals surface area contributed by atoms with E-state index in [9.17, 15) is 0 Å². The third kappa shape index (κ3) is 2.42. The molecule has 2 N–H and O–H groups in total. The minimum Gasteiger partial charge on any atom is -0.496 e. The number of nitrogens with one attached hydrogen (secondary N) is 2. The molecule has 0 saturated carbocycles. The maximum absolute atomic E-state index is 5.53. The van der Waals surface area contributed by atoms with Crippen molar-refractivity contribution in [3.8, 4) is 34.0 Å². The number of aromatic nitrogens is 4. The molecule has 0 unspecified atom stereocenters. The summed E-state index contributed by atoms with van der Waals surface area (Å²) in [6.45, 7) is 0. The van der Waals surface area contributed by atoms with Crippen LogP contribution in [0.15, 0.2) is 61.2 Å². The maximum atomic E-state index is 5.53. The standard InChI is InChI=1S/C22H18N4O2/c1-27-18-7-3-5-16-20(18)14(11-23-16)13-9-25-22(26-10-13)15-12-24-17-6-4-8-19(28-2)21(15)17/h3-12,23-24H,1-2H3. The van der Waals surface area contributed by atoms with Crippen LogP contribution in [0, 0.1) is 0 Å². The number of hydrogen-bond donors (Lipinski definition) is 2. The van der Waals surface area contributed by atoms with Gasteiger partial charge in [0.1, 0.15) is 11.5 Å². The van der Waals surface area contributed by atoms with E-state index in [1.165, 1.54) is 0 Å². The Labute approximate surface area is 161 Å². The first kappa shape index (κ1) is 16.4. The molecule has 0 bridgehead atoms. The maximum Gasteiger partial charge on any atom is 0.161 e. The lowest BCUT2D eigenvalue weighted by atomic mass is 10.1. The molecule has 0 spiro atoms. The molecule has 0 aliphatic carbocycles. The number of methoxy groups -OCH3 is 2. The molecule has 0 atom stereocenters. The number of benzene rings is 2. The van der Waals surface area contributed by atoms with E-state index < -0.39 is 0 Å². The number of fused-ring (bicyclic) bond motifs is 2. The average Bonchev–Trinajstić information content (AvgIpc) is 3.38. The van der Waals surface area contributed by atoms with Gasteiger partial charge in [-0.2, -0.15) is 0 Å². The van der Waals surface area contributed by atoms with Gasteiger partial charge in [0.15, 0.2) is 5.82 Å². The molecule has 6 nitrogen and oxygen atoms in total. The zero-order chi connectivity index (χ0) is 19.1. The van der Waals surface area contributed by atoms with Crippen LogP contribution in [-0.4, -0.2) is 34.2 Å². The molecule has 0 aliphatic rings. The van der Waals surface area contributed by atoms with Crippen molar-refractivity contribution in [3.05, 3.63) is 61.2 Å². The zero-order valence-corrected chi connectivity index (χ0v) is 15.5. The summed E-state index contributed by atoms with van der Waals surface area (Å²) < 4.78 is 11.0. The van der Waals surface area contributed by atoms with Crippen LogP contribution in [0.4, 0.5) is 0 Å². The molecule has 6 heteroatoms. The van der Waals surface area contributed by atoms with E-state index in [-0.39, 0.29) is 0 Å². The number of nitrogens with zero attached hydrogens (tertiary/aromatic N) is 2. The molecule has 0 radical (unpaired) electrons. The van der Waals surface area contributed by atoms with Gasteiger partial charge in [-0.15, -0.1) is 0 Å². The largest absolute Gasteiger partial charge is 0.496 e. The summed E-state index contributed by atoms with van der Waals surface area (Å²) in [5.41, 5.74) is 4.85. The molecular formula is C22H18N4O2. The van der Waals surface area contributed by atoms with Crippen molar-refractivity contribution in [1.29, 1.82) is 0 Å².